The highest BCUT2D eigenvalue weighted by Gasteiger charge is 2.29. The van der Waals surface area contributed by atoms with Gasteiger partial charge in [-0.25, -0.2) is 9.78 Å². The fourth-order valence-electron chi connectivity index (χ4n) is 2.86. The van der Waals surface area contributed by atoms with Gasteiger partial charge in [-0.15, -0.1) is 5.92 Å². The van der Waals surface area contributed by atoms with Crippen molar-refractivity contribution in [3.05, 3.63) is 60.0 Å². The van der Waals surface area contributed by atoms with E-state index in [-0.39, 0.29) is 12.1 Å². The molecule has 0 saturated carbocycles. The second-order valence-corrected chi connectivity index (χ2v) is 7.23. The molecule has 3 aromatic rings. The van der Waals surface area contributed by atoms with Gasteiger partial charge in [0, 0.05) is 6.04 Å². The number of aromatic nitrogens is 1. The number of rotatable bonds is 7. The fourth-order valence-corrected chi connectivity index (χ4v) is 2.86. The normalized spacial score (nSPS) is 13.4. The zero-order valence-electron chi connectivity index (χ0n) is 16.9. The van der Waals surface area contributed by atoms with E-state index in [0.29, 0.717) is 17.2 Å². The molecule has 2 atom stereocenters. The van der Waals surface area contributed by atoms with E-state index < -0.39 is 11.6 Å². The van der Waals surface area contributed by atoms with Crippen molar-refractivity contribution in [2.45, 2.75) is 45.4 Å². The van der Waals surface area contributed by atoms with Gasteiger partial charge in [-0.3, -0.25) is 5.32 Å². The smallest absolute Gasteiger partial charge is 0.347 e. The highest BCUT2D eigenvalue weighted by Crippen LogP contribution is 2.26. The van der Waals surface area contributed by atoms with E-state index in [1.54, 1.807) is 13.0 Å². The van der Waals surface area contributed by atoms with Gasteiger partial charge >= 0.3 is 5.97 Å². The third-order valence-corrected chi connectivity index (χ3v) is 4.51. The van der Waals surface area contributed by atoms with Crippen molar-refractivity contribution >= 4 is 17.1 Å². The molecule has 0 bridgehead atoms. The summed E-state index contributed by atoms with van der Waals surface area (Å²) < 4.78 is 11.5. The van der Waals surface area contributed by atoms with Crippen LogP contribution in [0.4, 0.5) is 0 Å². The zero-order valence-corrected chi connectivity index (χ0v) is 16.9. The van der Waals surface area contributed by atoms with Gasteiger partial charge in [0.25, 0.3) is 0 Å². The van der Waals surface area contributed by atoms with Crippen molar-refractivity contribution < 1.29 is 19.1 Å². The van der Waals surface area contributed by atoms with Crippen molar-refractivity contribution in [1.29, 1.82) is 0 Å². The first kappa shape index (κ1) is 20.4. The Morgan fingerprint density at radius 3 is 2.69 bits per heavy atom. The van der Waals surface area contributed by atoms with E-state index >= 15 is 0 Å². The number of nitrogens with one attached hydrogen (secondary N) is 1. The molecule has 6 heteroatoms. The topological polar surface area (TPSA) is 84.6 Å². The quantitative estimate of drug-likeness (QED) is 0.577. The lowest BCUT2D eigenvalue weighted by molar-refractivity contribution is -0.152. The summed E-state index contributed by atoms with van der Waals surface area (Å²) in [5.41, 5.74) is 1.11. The van der Waals surface area contributed by atoms with Gasteiger partial charge in [0.2, 0.25) is 5.89 Å². The number of nitrogens with zero attached hydrogens (tertiary/aromatic N) is 1. The molecule has 29 heavy (non-hydrogen) atoms. The zero-order chi connectivity index (χ0) is 21.0. The van der Waals surface area contributed by atoms with E-state index in [2.05, 4.69) is 22.1 Å². The average molecular weight is 392 g/mol. The Morgan fingerprint density at radius 2 is 2.00 bits per heavy atom. The van der Waals surface area contributed by atoms with Gasteiger partial charge in [-0.05, 0) is 57.5 Å². The maximum absolute atomic E-state index is 11.3. The summed E-state index contributed by atoms with van der Waals surface area (Å²) in [7, 11) is 0. The number of carbonyl (C=O) groups is 1. The molecule has 0 aliphatic heterocycles. The van der Waals surface area contributed by atoms with Gasteiger partial charge < -0.3 is 14.3 Å². The van der Waals surface area contributed by atoms with Gasteiger partial charge in [0.05, 0.1) is 0 Å². The van der Waals surface area contributed by atoms with Crippen molar-refractivity contribution in [3.63, 3.8) is 0 Å². The molecule has 0 aliphatic rings. The lowest BCUT2D eigenvalue weighted by Crippen LogP contribution is -2.37. The van der Waals surface area contributed by atoms with Crippen LogP contribution in [0.25, 0.3) is 11.1 Å². The molecule has 2 aromatic carbocycles. The lowest BCUT2D eigenvalue weighted by Gasteiger charge is -2.23. The van der Waals surface area contributed by atoms with E-state index in [1.807, 2.05) is 49.4 Å². The van der Waals surface area contributed by atoms with Crippen LogP contribution in [-0.4, -0.2) is 21.7 Å². The third kappa shape index (κ3) is 4.76. The highest BCUT2D eigenvalue weighted by molar-refractivity contribution is 5.76. The number of fused-ring (bicyclic) bond motifs is 1. The van der Waals surface area contributed by atoms with Crippen LogP contribution >= 0.6 is 0 Å². The maximum atomic E-state index is 11.3. The number of carboxylic acid groups (broad SMARTS) is 1. The fraction of sp³-hybridized carbons (Fsp3) is 0.304. The molecule has 0 spiro atoms. The Balaban J connectivity index is 1.81. The number of hydrogen-bond donors (Lipinski definition) is 2. The summed E-state index contributed by atoms with van der Waals surface area (Å²) >= 11 is 0. The Labute approximate surface area is 169 Å². The SMILES string of the molecule is CC#CC(NC(C)c1cccc(OC(C)(C)C(=O)O)c1)c1nc2ccccc2o1. The average Bonchev–Trinajstić information content (AvgIpc) is 3.11. The standard InChI is InChI=1S/C23H24N2O4/c1-5-9-19(21-25-18-12-6-7-13-20(18)28-21)24-15(2)16-10-8-11-17(14-16)29-23(3,4)22(26)27/h6-8,10-15,19,24H,1-4H3,(H,26,27). The number of aliphatic carboxylic acids is 1. The van der Waals surface area contributed by atoms with Crippen LogP contribution in [0.5, 0.6) is 5.75 Å². The van der Waals surface area contributed by atoms with Crippen LogP contribution < -0.4 is 10.1 Å². The lowest BCUT2D eigenvalue weighted by atomic mass is 10.1. The summed E-state index contributed by atoms with van der Waals surface area (Å²) in [6.07, 6.45) is 0. The summed E-state index contributed by atoms with van der Waals surface area (Å²) in [5.74, 6) is 5.99. The Morgan fingerprint density at radius 1 is 1.24 bits per heavy atom. The number of para-hydroxylation sites is 2. The monoisotopic (exact) mass is 392 g/mol. The molecule has 2 unspecified atom stereocenters. The highest BCUT2D eigenvalue weighted by atomic mass is 16.5. The molecule has 1 heterocycles. The molecular formula is C23H24N2O4. The molecule has 1 aromatic heterocycles. The van der Waals surface area contributed by atoms with Gasteiger partial charge in [0.1, 0.15) is 17.3 Å². The molecule has 3 rings (SSSR count). The first-order chi connectivity index (χ1) is 13.8. The third-order valence-electron chi connectivity index (χ3n) is 4.51. The number of oxazole rings is 1. The molecule has 0 fully saturated rings. The van der Waals surface area contributed by atoms with E-state index in [1.165, 1.54) is 13.8 Å². The second-order valence-electron chi connectivity index (χ2n) is 7.23. The minimum Gasteiger partial charge on any atom is -0.478 e. The Bertz CT molecular complexity index is 1040. The van der Waals surface area contributed by atoms with Crippen LogP contribution in [0.2, 0.25) is 0 Å². The molecule has 0 aliphatic carbocycles. The van der Waals surface area contributed by atoms with Crippen molar-refractivity contribution in [2.24, 2.45) is 0 Å². The van der Waals surface area contributed by atoms with Crippen molar-refractivity contribution in [1.82, 2.24) is 10.3 Å². The predicted octanol–water partition coefficient (Wildman–Crippen LogP) is 4.49. The van der Waals surface area contributed by atoms with Crippen LogP contribution in [0.15, 0.2) is 52.9 Å². The molecule has 6 nitrogen and oxygen atoms in total. The molecule has 150 valence electrons. The van der Waals surface area contributed by atoms with E-state index in [9.17, 15) is 9.90 Å². The van der Waals surface area contributed by atoms with Crippen LogP contribution in [0, 0.1) is 11.8 Å². The molecule has 0 saturated heterocycles. The minimum absolute atomic E-state index is 0.104. The molecular weight excluding hydrogens is 368 g/mol. The first-order valence-corrected chi connectivity index (χ1v) is 9.36. The first-order valence-electron chi connectivity index (χ1n) is 9.36. The summed E-state index contributed by atoms with van der Waals surface area (Å²) in [4.78, 5) is 15.9. The predicted molar refractivity (Wildman–Crippen MR) is 111 cm³/mol. The summed E-state index contributed by atoms with van der Waals surface area (Å²) in [5, 5.41) is 12.7. The summed E-state index contributed by atoms with van der Waals surface area (Å²) in [6.45, 7) is 6.80. The van der Waals surface area contributed by atoms with Gasteiger partial charge in [-0.2, -0.15) is 0 Å². The number of ether oxygens (including phenoxy) is 1. The largest absolute Gasteiger partial charge is 0.478 e. The maximum Gasteiger partial charge on any atom is 0.347 e. The second kappa shape index (κ2) is 8.38. The molecule has 0 radical (unpaired) electrons. The van der Waals surface area contributed by atoms with Crippen LogP contribution in [0.3, 0.4) is 0 Å². The van der Waals surface area contributed by atoms with Crippen molar-refractivity contribution in [3.8, 4) is 17.6 Å². The van der Waals surface area contributed by atoms with Crippen LogP contribution in [0.1, 0.15) is 51.2 Å². The van der Waals surface area contributed by atoms with E-state index in [4.69, 9.17) is 9.15 Å². The van der Waals surface area contributed by atoms with Crippen LogP contribution in [-0.2, 0) is 4.79 Å². The number of carboxylic acids is 1. The van der Waals surface area contributed by atoms with Gasteiger partial charge in [0.15, 0.2) is 11.2 Å². The number of hydrogen-bond acceptors (Lipinski definition) is 5. The van der Waals surface area contributed by atoms with Gasteiger partial charge in [-0.1, -0.05) is 30.2 Å². The minimum atomic E-state index is -1.32. The molecule has 0 amide bonds. The number of benzene rings is 2. The molecule has 2 N–H and O–H groups in total. The van der Waals surface area contributed by atoms with E-state index in [0.717, 1.165) is 11.1 Å². The Kier molecular flexibility index (Phi) is 5.90. The Hall–Kier alpha value is -3.30. The summed E-state index contributed by atoms with van der Waals surface area (Å²) in [6, 6.07) is 14.4. The van der Waals surface area contributed by atoms with Crippen molar-refractivity contribution in [2.75, 3.05) is 0 Å².